The summed E-state index contributed by atoms with van der Waals surface area (Å²) in [6.45, 7) is 4.98. The number of nitriles is 1. The summed E-state index contributed by atoms with van der Waals surface area (Å²) in [5.41, 5.74) is 4.75. The van der Waals surface area contributed by atoms with E-state index < -0.39 is 0 Å². The molecule has 2 aromatic rings. The molecule has 5 heteroatoms. The number of nitrogens with zero attached hydrogens (tertiary/aromatic N) is 3. The largest absolute Gasteiger partial charge is 0.363 e. The molecule has 108 valence electrons. The Morgan fingerprint density at radius 2 is 2.24 bits per heavy atom. The third-order valence-electron chi connectivity index (χ3n) is 4.11. The van der Waals surface area contributed by atoms with Gasteiger partial charge >= 0.3 is 0 Å². The first-order valence-corrected chi connectivity index (χ1v) is 7.47. The summed E-state index contributed by atoms with van der Waals surface area (Å²) in [6, 6.07) is 8.31. The number of aromatic nitrogens is 2. The molecular formula is C16H17ClN4. The van der Waals surface area contributed by atoms with Crippen LogP contribution in [-0.4, -0.2) is 16.7 Å². The molecule has 1 aromatic carbocycles. The fraction of sp³-hybridized carbons (Fsp3) is 0.375. The molecule has 21 heavy (non-hydrogen) atoms. The summed E-state index contributed by atoms with van der Waals surface area (Å²) in [5.74, 6) is 0. The Bertz CT molecular complexity index is 714. The molecule has 0 aliphatic carbocycles. The SMILES string of the molecule is Cc1cc(C2CCCN2c2ccc(C#N)c(Cl)c2C)n[nH]1. The third-order valence-corrected chi connectivity index (χ3v) is 4.59. The lowest BCUT2D eigenvalue weighted by atomic mass is 10.1. The molecule has 1 N–H and O–H groups in total. The zero-order valence-corrected chi connectivity index (χ0v) is 12.9. The number of nitrogens with one attached hydrogen (secondary N) is 1. The van der Waals surface area contributed by atoms with Gasteiger partial charge in [-0.1, -0.05) is 11.6 Å². The van der Waals surface area contributed by atoms with Gasteiger partial charge in [-0.3, -0.25) is 5.10 Å². The van der Waals surface area contributed by atoms with Crippen LogP contribution in [0.25, 0.3) is 0 Å². The van der Waals surface area contributed by atoms with E-state index in [9.17, 15) is 0 Å². The van der Waals surface area contributed by atoms with Crippen LogP contribution < -0.4 is 4.90 Å². The quantitative estimate of drug-likeness (QED) is 0.915. The van der Waals surface area contributed by atoms with Gasteiger partial charge in [-0.15, -0.1) is 0 Å². The highest BCUT2D eigenvalue weighted by Gasteiger charge is 2.29. The molecule has 0 saturated carbocycles. The van der Waals surface area contributed by atoms with Gasteiger partial charge in [-0.05, 0) is 50.5 Å². The number of H-pyrrole nitrogens is 1. The van der Waals surface area contributed by atoms with Crippen molar-refractivity contribution < 1.29 is 0 Å². The van der Waals surface area contributed by atoms with Crippen LogP contribution >= 0.6 is 11.6 Å². The Hall–Kier alpha value is -1.99. The maximum Gasteiger partial charge on any atom is 0.101 e. The van der Waals surface area contributed by atoms with E-state index >= 15 is 0 Å². The maximum atomic E-state index is 9.07. The van der Waals surface area contributed by atoms with E-state index in [1.165, 1.54) is 0 Å². The molecule has 1 saturated heterocycles. The average Bonchev–Trinajstić information content (AvgIpc) is 3.10. The van der Waals surface area contributed by atoms with Crippen molar-refractivity contribution in [2.24, 2.45) is 0 Å². The highest BCUT2D eigenvalue weighted by atomic mass is 35.5. The number of aromatic amines is 1. The predicted molar refractivity (Wildman–Crippen MR) is 83.5 cm³/mol. The van der Waals surface area contributed by atoms with Crippen LogP contribution in [0.4, 0.5) is 5.69 Å². The van der Waals surface area contributed by atoms with E-state index in [0.29, 0.717) is 10.6 Å². The minimum Gasteiger partial charge on any atom is -0.363 e. The van der Waals surface area contributed by atoms with Crippen molar-refractivity contribution in [3.05, 3.63) is 45.7 Å². The lowest BCUT2D eigenvalue weighted by Crippen LogP contribution is -2.23. The molecular weight excluding hydrogens is 284 g/mol. The van der Waals surface area contributed by atoms with E-state index in [0.717, 1.165) is 42.0 Å². The summed E-state index contributed by atoms with van der Waals surface area (Å²) in [5, 5.41) is 17.0. The van der Waals surface area contributed by atoms with E-state index in [-0.39, 0.29) is 6.04 Å². The summed E-state index contributed by atoms with van der Waals surface area (Å²) < 4.78 is 0. The number of aryl methyl sites for hydroxylation is 1. The van der Waals surface area contributed by atoms with Gasteiger partial charge < -0.3 is 4.90 Å². The molecule has 2 heterocycles. The zero-order chi connectivity index (χ0) is 15.0. The average molecular weight is 301 g/mol. The first-order chi connectivity index (χ1) is 10.1. The summed E-state index contributed by atoms with van der Waals surface area (Å²) >= 11 is 6.30. The standard InChI is InChI=1S/C16H17ClN4/c1-10-8-13(20-19-10)15-4-3-7-21(15)14-6-5-12(9-18)16(17)11(14)2/h5-6,8,15H,3-4,7H2,1-2H3,(H,19,20). The first-order valence-electron chi connectivity index (χ1n) is 7.09. The highest BCUT2D eigenvalue weighted by molar-refractivity contribution is 6.32. The lowest BCUT2D eigenvalue weighted by Gasteiger charge is -2.27. The number of rotatable bonds is 2. The fourth-order valence-corrected chi connectivity index (χ4v) is 3.25. The minimum absolute atomic E-state index is 0.276. The van der Waals surface area contributed by atoms with E-state index in [1.807, 2.05) is 19.9 Å². The second kappa shape index (κ2) is 5.42. The second-order valence-corrected chi connectivity index (χ2v) is 5.89. The molecule has 3 rings (SSSR count). The van der Waals surface area contributed by atoms with Crippen molar-refractivity contribution in [2.75, 3.05) is 11.4 Å². The van der Waals surface area contributed by atoms with Gasteiger partial charge in [0.05, 0.1) is 22.3 Å². The van der Waals surface area contributed by atoms with Gasteiger partial charge in [0.15, 0.2) is 0 Å². The van der Waals surface area contributed by atoms with E-state index in [4.69, 9.17) is 16.9 Å². The molecule has 1 aliphatic heterocycles. The summed E-state index contributed by atoms with van der Waals surface area (Å²) in [7, 11) is 0. The molecule has 0 bridgehead atoms. The Kier molecular flexibility index (Phi) is 3.60. The molecule has 0 spiro atoms. The summed E-state index contributed by atoms with van der Waals surface area (Å²) in [4.78, 5) is 2.35. The zero-order valence-electron chi connectivity index (χ0n) is 12.2. The summed E-state index contributed by atoms with van der Waals surface area (Å²) in [6.07, 6.45) is 2.22. The molecule has 4 nitrogen and oxygen atoms in total. The van der Waals surface area contributed by atoms with Crippen LogP contribution in [0.5, 0.6) is 0 Å². The Labute approximate surface area is 129 Å². The Balaban J connectivity index is 2.00. The number of hydrogen-bond donors (Lipinski definition) is 1. The van der Waals surface area contributed by atoms with Gasteiger partial charge in [0, 0.05) is 17.9 Å². The van der Waals surface area contributed by atoms with Crippen molar-refractivity contribution in [1.29, 1.82) is 5.26 Å². The fourth-order valence-electron chi connectivity index (χ4n) is 3.04. The Morgan fingerprint density at radius 3 is 2.90 bits per heavy atom. The maximum absolute atomic E-state index is 9.07. The number of benzene rings is 1. The van der Waals surface area contributed by atoms with Crippen molar-refractivity contribution in [1.82, 2.24) is 10.2 Å². The molecule has 0 amide bonds. The predicted octanol–water partition coefficient (Wildman–Crippen LogP) is 3.89. The molecule has 1 atom stereocenters. The smallest absolute Gasteiger partial charge is 0.101 e. The number of halogens is 1. The van der Waals surface area contributed by atoms with Crippen LogP contribution in [0.3, 0.4) is 0 Å². The van der Waals surface area contributed by atoms with E-state index in [2.05, 4.69) is 27.2 Å². The molecule has 1 unspecified atom stereocenters. The van der Waals surface area contributed by atoms with Crippen molar-refractivity contribution in [3.8, 4) is 6.07 Å². The number of anilines is 1. The van der Waals surface area contributed by atoms with Crippen molar-refractivity contribution >= 4 is 17.3 Å². The topological polar surface area (TPSA) is 55.7 Å². The number of hydrogen-bond acceptors (Lipinski definition) is 3. The van der Waals surface area contributed by atoms with Crippen molar-refractivity contribution in [2.45, 2.75) is 32.7 Å². The molecule has 0 radical (unpaired) electrons. The minimum atomic E-state index is 0.276. The van der Waals surface area contributed by atoms with Gasteiger partial charge in [0.1, 0.15) is 6.07 Å². The van der Waals surface area contributed by atoms with Gasteiger partial charge in [-0.25, -0.2) is 0 Å². The third kappa shape index (κ3) is 2.38. The van der Waals surface area contributed by atoms with Crippen LogP contribution in [-0.2, 0) is 0 Å². The van der Waals surface area contributed by atoms with Crippen LogP contribution in [0.1, 0.15) is 41.4 Å². The van der Waals surface area contributed by atoms with Crippen LogP contribution in [0.2, 0.25) is 5.02 Å². The van der Waals surface area contributed by atoms with Crippen molar-refractivity contribution in [3.63, 3.8) is 0 Å². The Morgan fingerprint density at radius 1 is 1.43 bits per heavy atom. The second-order valence-electron chi connectivity index (χ2n) is 5.51. The first kappa shape index (κ1) is 14.0. The normalized spacial score (nSPS) is 18.0. The van der Waals surface area contributed by atoms with E-state index in [1.54, 1.807) is 6.07 Å². The highest BCUT2D eigenvalue weighted by Crippen LogP contribution is 2.39. The monoisotopic (exact) mass is 300 g/mol. The molecule has 1 aliphatic rings. The van der Waals surface area contributed by atoms with Crippen LogP contribution in [0.15, 0.2) is 18.2 Å². The molecule has 1 fully saturated rings. The van der Waals surface area contributed by atoms with Crippen LogP contribution in [0, 0.1) is 25.2 Å². The van der Waals surface area contributed by atoms with Gasteiger partial charge in [0.25, 0.3) is 0 Å². The lowest BCUT2D eigenvalue weighted by molar-refractivity contribution is 0.689. The van der Waals surface area contributed by atoms with Gasteiger partial charge in [0.2, 0.25) is 0 Å². The molecule has 1 aromatic heterocycles. The van der Waals surface area contributed by atoms with Gasteiger partial charge in [-0.2, -0.15) is 10.4 Å².